The first kappa shape index (κ1) is 13.8. The van der Waals surface area contributed by atoms with E-state index in [0.717, 1.165) is 24.9 Å². The van der Waals surface area contributed by atoms with Crippen LogP contribution in [0, 0.1) is 13.8 Å². The zero-order valence-electron chi connectivity index (χ0n) is 11.6. The minimum Gasteiger partial charge on any atom is -0.394 e. The van der Waals surface area contributed by atoms with Crippen molar-refractivity contribution >= 4 is 12.0 Å². The fourth-order valence-corrected chi connectivity index (χ4v) is 2.59. The maximum atomic E-state index is 12.1. The van der Waals surface area contributed by atoms with Gasteiger partial charge in [0.1, 0.15) is 0 Å². The minimum atomic E-state index is -0.00346. The summed E-state index contributed by atoms with van der Waals surface area (Å²) in [5.74, 6) is -0.00322. The van der Waals surface area contributed by atoms with Gasteiger partial charge in [-0.3, -0.25) is 4.79 Å². The van der Waals surface area contributed by atoms with Crippen molar-refractivity contribution in [2.75, 3.05) is 13.2 Å². The second-order valence-corrected chi connectivity index (χ2v) is 5.20. The molecule has 3 nitrogen and oxygen atoms in total. The molecule has 2 rings (SSSR count). The summed E-state index contributed by atoms with van der Waals surface area (Å²) < 4.78 is 0. The molecule has 1 aliphatic heterocycles. The molecule has 19 heavy (non-hydrogen) atoms. The highest BCUT2D eigenvalue weighted by atomic mass is 16.3. The Kier molecular flexibility index (Phi) is 4.38. The number of aliphatic hydroxyl groups is 1. The van der Waals surface area contributed by atoms with Gasteiger partial charge in [-0.25, -0.2) is 0 Å². The van der Waals surface area contributed by atoms with Crippen LogP contribution in [0.15, 0.2) is 24.3 Å². The largest absolute Gasteiger partial charge is 0.394 e. The van der Waals surface area contributed by atoms with E-state index in [1.54, 1.807) is 11.0 Å². The zero-order chi connectivity index (χ0) is 13.8. The SMILES string of the molecule is Cc1ccc(/C=C/C(=O)N2CCCC2CO)c(C)c1. The van der Waals surface area contributed by atoms with E-state index in [1.807, 2.05) is 25.1 Å². The van der Waals surface area contributed by atoms with Gasteiger partial charge in [-0.15, -0.1) is 0 Å². The molecule has 1 aliphatic rings. The lowest BCUT2D eigenvalue weighted by Gasteiger charge is -2.21. The lowest BCUT2D eigenvalue weighted by molar-refractivity contribution is -0.127. The number of carbonyl (C=O) groups excluding carboxylic acids is 1. The smallest absolute Gasteiger partial charge is 0.246 e. The zero-order valence-corrected chi connectivity index (χ0v) is 11.6. The standard InChI is InChI=1S/C16H21NO2/c1-12-5-6-14(13(2)10-12)7-8-16(19)17-9-3-4-15(17)11-18/h5-8,10,15,18H,3-4,9,11H2,1-2H3/b8-7+. The van der Waals surface area contributed by atoms with Gasteiger partial charge in [0.05, 0.1) is 12.6 Å². The summed E-state index contributed by atoms with van der Waals surface area (Å²) in [4.78, 5) is 13.9. The van der Waals surface area contributed by atoms with E-state index in [0.29, 0.717) is 0 Å². The van der Waals surface area contributed by atoms with Crippen LogP contribution in [-0.2, 0) is 4.79 Å². The average Bonchev–Trinajstić information content (AvgIpc) is 2.85. The van der Waals surface area contributed by atoms with Crippen LogP contribution in [0.1, 0.15) is 29.5 Å². The van der Waals surface area contributed by atoms with Gasteiger partial charge in [-0.2, -0.15) is 0 Å². The van der Waals surface area contributed by atoms with E-state index in [4.69, 9.17) is 0 Å². The number of carbonyl (C=O) groups is 1. The van der Waals surface area contributed by atoms with Gasteiger partial charge in [0.25, 0.3) is 0 Å². The molecule has 0 saturated carbocycles. The third-order valence-corrected chi connectivity index (χ3v) is 3.70. The summed E-state index contributed by atoms with van der Waals surface area (Å²) in [6.45, 7) is 4.91. The molecule has 0 radical (unpaired) electrons. The molecule has 1 saturated heterocycles. The molecule has 1 atom stereocenters. The van der Waals surface area contributed by atoms with Crippen LogP contribution in [0.25, 0.3) is 6.08 Å². The number of likely N-dealkylation sites (tertiary alicyclic amines) is 1. The van der Waals surface area contributed by atoms with Gasteiger partial charge >= 0.3 is 0 Å². The highest BCUT2D eigenvalue weighted by Crippen LogP contribution is 2.18. The molecule has 1 aromatic rings. The van der Waals surface area contributed by atoms with Crippen LogP contribution in [-0.4, -0.2) is 35.1 Å². The molecular weight excluding hydrogens is 238 g/mol. The Morgan fingerprint density at radius 1 is 1.47 bits per heavy atom. The molecule has 1 fully saturated rings. The molecule has 0 spiro atoms. The van der Waals surface area contributed by atoms with Crippen LogP contribution < -0.4 is 0 Å². The lowest BCUT2D eigenvalue weighted by atomic mass is 10.1. The van der Waals surface area contributed by atoms with E-state index < -0.39 is 0 Å². The van der Waals surface area contributed by atoms with Crippen LogP contribution in [0.3, 0.4) is 0 Å². The predicted molar refractivity (Wildman–Crippen MR) is 76.8 cm³/mol. The fourth-order valence-electron chi connectivity index (χ4n) is 2.59. The van der Waals surface area contributed by atoms with Gasteiger partial charge in [0.15, 0.2) is 0 Å². The summed E-state index contributed by atoms with van der Waals surface area (Å²) >= 11 is 0. The first-order valence-corrected chi connectivity index (χ1v) is 6.78. The third-order valence-electron chi connectivity index (χ3n) is 3.70. The molecule has 3 heteroatoms. The van der Waals surface area contributed by atoms with E-state index >= 15 is 0 Å². The van der Waals surface area contributed by atoms with Crippen LogP contribution in [0.4, 0.5) is 0 Å². The molecule has 1 amide bonds. The van der Waals surface area contributed by atoms with Gasteiger partial charge in [0, 0.05) is 12.6 Å². The Morgan fingerprint density at radius 3 is 2.95 bits per heavy atom. The molecule has 0 aromatic heterocycles. The summed E-state index contributed by atoms with van der Waals surface area (Å²) in [5.41, 5.74) is 3.46. The number of hydrogen-bond donors (Lipinski definition) is 1. The van der Waals surface area contributed by atoms with Gasteiger partial charge in [0.2, 0.25) is 5.91 Å². The monoisotopic (exact) mass is 259 g/mol. The van der Waals surface area contributed by atoms with Crippen LogP contribution in [0.2, 0.25) is 0 Å². The van der Waals surface area contributed by atoms with E-state index in [-0.39, 0.29) is 18.6 Å². The predicted octanol–water partition coefficient (Wildman–Crippen LogP) is 2.30. The number of rotatable bonds is 3. The molecule has 1 N–H and O–H groups in total. The maximum absolute atomic E-state index is 12.1. The molecule has 0 aliphatic carbocycles. The summed E-state index contributed by atoms with van der Waals surface area (Å²) in [5, 5.41) is 9.23. The summed E-state index contributed by atoms with van der Waals surface area (Å²) in [7, 11) is 0. The van der Waals surface area contributed by atoms with Gasteiger partial charge in [-0.05, 0) is 43.9 Å². The molecule has 0 bridgehead atoms. The van der Waals surface area contributed by atoms with Crippen LogP contribution in [0.5, 0.6) is 0 Å². The van der Waals surface area contributed by atoms with Crippen molar-refractivity contribution in [1.82, 2.24) is 4.90 Å². The van der Waals surface area contributed by atoms with E-state index in [2.05, 4.69) is 13.0 Å². The van der Waals surface area contributed by atoms with Crippen molar-refractivity contribution in [3.63, 3.8) is 0 Å². The van der Waals surface area contributed by atoms with Crippen molar-refractivity contribution in [2.45, 2.75) is 32.7 Å². The second-order valence-electron chi connectivity index (χ2n) is 5.20. The Balaban J connectivity index is 2.07. The number of amides is 1. The van der Waals surface area contributed by atoms with E-state index in [1.165, 1.54) is 11.1 Å². The molecule has 1 aromatic carbocycles. The highest BCUT2D eigenvalue weighted by Gasteiger charge is 2.26. The number of hydrogen-bond acceptors (Lipinski definition) is 2. The van der Waals surface area contributed by atoms with Crippen molar-refractivity contribution in [1.29, 1.82) is 0 Å². The Labute approximate surface area is 114 Å². The number of nitrogens with zero attached hydrogens (tertiary/aromatic N) is 1. The maximum Gasteiger partial charge on any atom is 0.246 e. The Morgan fingerprint density at radius 2 is 2.26 bits per heavy atom. The Hall–Kier alpha value is -1.61. The normalized spacial score (nSPS) is 19.3. The van der Waals surface area contributed by atoms with Crippen molar-refractivity contribution in [2.24, 2.45) is 0 Å². The molecule has 1 unspecified atom stereocenters. The Bertz CT molecular complexity index is 494. The highest BCUT2D eigenvalue weighted by molar-refractivity contribution is 5.92. The third kappa shape index (κ3) is 3.24. The number of benzene rings is 1. The number of aryl methyl sites for hydroxylation is 2. The second kappa shape index (κ2) is 6.02. The molecular formula is C16H21NO2. The minimum absolute atomic E-state index is 0.00322. The van der Waals surface area contributed by atoms with Crippen LogP contribution >= 0.6 is 0 Å². The van der Waals surface area contributed by atoms with Gasteiger partial charge < -0.3 is 10.0 Å². The molecule has 1 heterocycles. The summed E-state index contributed by atoms with van der Waals surface area (Å²) in [6, 6.07) is 6.18. The molecule has 102 valence electrons. The fraction of sp³-hybridized carbons (Fsp3) is 0.438. The van der Waals surface area contributed by atoms with Crippen molar-refractivity contribution in [3.05, 3.63) is 41.0 Å². The lowest BCUT2D eigenvalue weighted by Crippen LogP contribution is -2.36. The quantitative estimate of drug-likeness (QED) is 0.846. The first-order chi connectivity index (χ1) is 9.11. The van der Waals surface area contributed by atoms with Crippen molar-refractivity contribution < 1.29 is 9.90 Å². The summed E-state index contributed by atoms with van der Waals surface area (Å²) in [6.07, 6.45) is 5.36. The average molecular weight is 259 g/mol. The van der Waals surface area contributed by atoms with E-state index in [9.17, 15) is 9.90 Å². The number of aliphatic hydroxyl groups excluding tert-OH is 1. The van der Waals surface area contributed by atoms with Crippen molar-refractivity contribution in [3.8, 4) is 0 Å². The first-order valence-electron chi connectivity index (χ1n) is 6.78. The van der Waals surface area contributed by atoms with Gasteiger partial charge in [-0.1, -0.05) is 23.8 Å². The topological polar surface area (TPSA) is 40.5 Å².